The summed E-state index contributed by atoms with van der Waals surface area (Å²) in [6.45, 7) is 3.09. The molecule has 0 aliphatic carbocycles. The molecule has 2 aromatic heterocycles. The number of imidazole rings is 1. The van der Waals surface area contributed by atoms with Crippen LogP contribution in [-0.2, 0) is 11.3 Å². The molecule has 8 heteroatoms. The van der Waals surface area contributed by atoms with E-state index in [4.69, 9.17) is 16.0 Å². The molecule has 35 heavy (non-hydrogen) atoms. The molecule has 0 bridgehead atoms. The third-order valence-electron chi connectivity index (χ3n) is 5.27. The second-order valence-corrected chi connectivity index (χ2v) is 8.44. The molecule has 2 N–H and O–H groups in total. The number of halogens is 1. The van der Waals surface area contributed by atoms with Gasteiger partial charge in [0.15, 0.2) is 0 Å². The Balaban J connectivity index is 1.50. The molecule has 0 fully saturated rings. The minimum atomic E-state index is -0.406. The van der Waals surface area contributed by atoms with Crippen LogP contribution in [0.3, 0.4) is 0 Å². The van der Waals surface area contributed by atoms with Gasteiger partial charge in [-0.1, -0.05) is 41.4 Å². The van der Waals surface area contributed by atoms with Crippen LogP contribution in [0.1, 0.15) is 28.1 Å². The monoisotopic (exact) mass is 488 g/mol. The molecule has 2 aromatic carbocycles. The van der Waals surface area contributed by atoms with Crippen LogP contribution in [0.4, 0.5) is 0 Å². The Morgan fingerprint density at radius 1 is 1.11 bits per heavy atom. The maximum Gasteiger partial charge on any atom is 0.267 e. The molecule has 7 nitrogen and oxygen atoms in total. The van der Waals surface area contributed by atoms with E-state index in [9.17, 15) is 9.59 Å². The van der Waals surface area contributed by atoms with Gasteiger partial charge in [-0.05, 0) is 49.7 Å². The van der Waals surface area contributed by atoms with Crippen molar-refractivity contribution in [3.05, 3.63) is 107 Å². The molecule has 0 saturated heterocycles. The number of hydrogen-bond donors (Lipinski definition) is 2. The van der Waals surface area contributed by atoms with Crippen LogP contribution in [0.15, 0.2) is 89.5 Å². The number of aromatic nitrogens is 2. The first-order valence-electron chi connectivity index (χ1n) is 11.2. The largest absolute Gasteiger partial charge is 0.457 e. The normalized spacial score (nSPS) is 11.3. The number of furan rings is 1. The highest BCUT2D eigenvalue weighted by Gasteiger charge is 2.16. The quantitative estimate of drug-likeness (QED) is 0.254. The number of nitrogens with one attached hydrogen (secondary N) is 2. The van der Waals surface area contributed by atoms with Gasteiger partial charge in [-0.25, -0.2) is 4.98 Å². The summed E-state index contributed by atoms with van der Waals surface area (Å²) in [5.74, 6) is 0.236. The summed E-state index contributed by atoms with van der Waals surface area (Å²) in [7, 11) is 0. The van der Waals surface area contributed by atoms with Crippen LogP contribution < -0.4 is 10.6 Å². The Kier molecular flexibility index (Phi) is 7.80. The number of carbonyl (C=O) groups is 2. The summed E-state index contributed by atoms with van der Waals surface area (Å²) in [4.78, 5) is 29.8. The Morgan fingerprint density at radius 3 is 2.69 bits per heavy atom. The summed E-state index contributed by atoms with van der Waals surface area (Å²) in [6.07, 6.45) is 7.53. The van der Waals surface area contributed by atoms with Gasteiger partial charge < -0.3 is 19.6 Å². The first-order valence-corrected chi connectivity index (χ1v) is 11.6. The number of aryl methyl sites for hydroxylation is 2. The molecule has 2 amide bonds. The van der Waals surface area contributed by atoms with Crippen molar-refractivity contribution in [2.24, 2.45) is 0 Å². The van der Waals surface area contributed by atoms with Crippen LogP contribution in [0.2, 0.25) is 5.02 Å². The van der Waals surface area contributed by atoms with Crippen LogP contribution in [0.25, 0.3) is 17.4 Å². The lowest BCUT2D eigenvalue weighted by molar-refractivity contribution is -0.117. The molecular formula is C27H25ClN4O3. The lowest BCUT2D eigenvalue weighted by atomic mass is 10.1. The average Bonchev–Trinajstić information content (AvgIpc) is 3.54. The maximum atomic E-state index is 13.0. The van der Waals surface area contributed by atoms with Crippen LogP contribution in [-0.4, -0.2) is 27.9 Å². The van der Waals surface area contributed by atoms with Gasteiger partial charge in [-0.2, -0.15) is 0 Å². The zero-order chi connectivity index (χ0) is 24.6. The zero-order valence-corrected chi connectivity index (χ0v) is 20.0. The summed E-state index contributed by atoms with van der Waals surface area (Å²) < 4.78 is 7.84. The fourth-order valence-electron chi connectivity index (χ4n) is 3.41. The van der Waals surface area contributed by atoms with E-state index in [1.54, 1.807) is 48.9 Å². The van der Waals surface area contributed by atoms with Gasteiger partial charge in [0.1, 0.15) is 17.2 Å². The highest BCUT2D eigenvalue weighted by molar-refractivity contribution is 6.30. The van der Waals surface area contributed by atoms with Gasteiger partial charge in [0, 0.05) is 47.7 Å². The average molecular weight is 489 g/mol. The van der Waals surface area contributed by atoms with Crippen molar-refractivity contribution in [2.45, 2.75) is 19.9 Å². The summed E-state index contributed by atoms with van der Waals surface area (Å²) in [5, 5.41) is 6.18. The van der Waals surface area contributed by atoms with Gasteiger partial charge in [0.05, 0.1) is 6.33 Å². The molecule has 178 valence electrons. The van der Waals surface area contributed by atoms with E-state index in [2.05, 4.69) is 15.6 Å². The molecule has 0 aliphatic rings. The van der Waals surface area contributed by atoms with Gasteiger partial charge in [0.25, 0.3) is 11.8 Å². The Labute approximate surface area is 208 Å². The second kappa shape index (κ2) is 11.4. The highest BCUT2D eigenvalue weighted by Crippen LogP contribution is 2.25. The topological polar surface area (TPSA) is 89.2 Å². The zero-order valence-electron chi connectivity index (χ0n) is 19.2. The van der Waals surface area contributed by atoms with Crippen LogP contribution in [0.5, 0.6) is 0 Å². The van der Waals surface area contributed by atoms with Gasteiger partial charge in [0.2, 0.25) is 0 Å². The molecule has 0 aliphatic heterocycles. The van der Waals surface area contributed by atoms with E-state index in [0.717, 1.165) is 17.7 Å². The standard InChI is InChI=1S/C27H25ClN4O3/c1-19-6-8-20(9-7-19)26(33)31-24(27(34)30-12-3-14-32-15-13-29-18-32)17-23-10-11-25(35-23)21-4-2-5-22(28)16-21/h2,4-11,13,15-18H,3,12,14H2,1H3,(H,30,34)(H,31,33)/b24-17-. The fourth-order valence-corrected chi connectivity index (χ4v) is 3.60. The van der Waals surface area contributed by atoms with Gasteiger partial charge in [-0.3, -0.25) is 9.59 Å². The number of rotatable bonds is 9. The number of nitrogens with zero attached hydrogens (tertiary/aromatic N) is 2. The Morgan fingerprint density at radius 2 is 1.94 bits per heavy atom. The number of benzene rings is 2. The van der Waals surface area contributed by atoms with E-state index in [0.29, 0.717) is 35.1 Å². The van der Waals surface area contributed by atoms with E-state index in [-0.39, 0.29) is 11.6 Å². The summed E-state index contributed by atoms with van der Waals surface area (Å²) in [6, 6.07) is 17.9. The number of hydrogen-bond acceptors (Lipinski definition) is 4. The molecule has 4 rings (SSSR count). The van der Waals surface area contributed by atoms with Crippen molar-refractivity contribution in [1.82, 2.24) is 20.2 Å². The third kappa shape index (κ3) is 6.71. The molecule has 0 spiro atoms. The Bertz CT molecular complexity index is 1320. The molecule has 2 heterocycles. The molecule has 0 atom stereocenters. The lowest BCUT2D eigenvalue weighted by Crippen LogP contribution is -2.35. The summed E-state index contributed by atoms with van der Waals surface area (Å²) in [5.41, 5.74) is 2.39. The predicted octanol–water partition coefficient (Wildman–Crippen LogP) is 5.08. The number of carbonyl (C=O) groups excluding carboxylic acids is 2. The second-order valence-electron chi connectivity index (χ2n) is 8.00. The fraction of sp³-hybridized carbons (Fsp3) is 0.148. The SMILES string of the molecule is Cc1ccc(C(=O)N/C(=C\c2ccc(-c3cccc(Cl)c3)o2)C(=O)NCCCn2ccnc2)cc1. The van der Waals surface area contributed by atoms with Crippen molar-refractivity contribution < 1.29 is 14.0 Å². The molecule has 4 aromatic rings. The van der Waals surface area contributed by atoms with Crippen molar-refractivity contribution >= 4 is 29.5 Å². The first-order chi connectivity index (χ1) is 17.0. The van der Waals surface area contributed by atoms with Crippen molar-refractivity contribution in [2.75, 3.05) is 6.54 Å². The smallest absolute Gasteiger partial charge is 0.267 e. The van der Waals surface area contributed by atoms with Crippen molar-refractivity contribution in [3.8, 4) is 11.3 Å². The van der Waals surface area contributed by atoms with E-state index in [1.807, 2.05) is 42.0 Å². The molecule has 0 saturated carbocycles. The first kappa shape index (κ1) is 24.0. The third-order valence-corrected chi connectivity index (χ3v) is 5.50. The van der Waals surface area contributed by atoms with Gasteiger partial charge >= 0.3 is 0 Å². The maximum absolute atomic E-state index is 13.0. The molecule has 0 unspecified atom stereocenters. The van der Waals surface area contributed by atoms with Crippen molar-refractivity contribution in [3.63, 3.8) is 0 Å². The van der Waals surface area contributed by atoms with Crippen molar-refractivity contribution in [1.29, 1.82) is 0 Å². The predicted molar refractivity (Wildman–Crippen MR) is 136 cm³/mol. The Hall–Kier alpha value is -4.10. The van der Waals surface area contributed by atoms with E-state index >= 15 is 0 Å². The molecule has 0 radical (unpaired) electrons. The molecular weight excluding hydrogens is 464 g/mol. The van der Waals surface area contributed by atoms with Crippen LogP contribution >= 0.6 is 11.6 Å². The lowest BCUT2D eigenvalue weighted by Gasteiger charge is -2.11. The highest BCUT2D eigenvalue weighted by atomic mass is 35.5. The summed E-state index contributed by atoms with van der Waals surface area (Å²) >= 11 is 6.09. The minimum absolute atomic E-state index is 0.0881. The van der Waals surface area contributed by atoms with E-state index in [1.165, 1.54) is 6.08 Å². The van der Waals surface area contributed by atoms with E-state index < -0.39 is 5.91 Å². The minimum Gasteiger partial charge on any atom is -0.457 e. The van der Waals surface area contributed by atoms with Gasteiger partial charge in [-0.15, -0.1) is 0 Å². The van der Waals surface area contributed by atoms with Crippen LogP contribution in [0, 0.1) is 6.92 Å². The number of amides is 2.